The molecular weight excluding hydrogens is 248 g/mol. The molecular formula is C16H26N4. The second kappa shape index (κ2) is 6.00. The van der Waals surface area contributed by atoms with E-state index in [1.807, 2.05) is 6.20 Å². The van der Waals surface area contributed by atoms with E-state index in [9.17, 15) is 0 Å². The summed E-state index contributed by atoms with van der Waals surface area (Å²) in [7, 11) is 0. The first kappa shape index (κ1) is 13.7. The number of hydrogen-bond acceptors (Lipinski definition) is 4. The Morgan fingerprint density at radius 1 is 1.25 bits per heavy atom. The number of rotatable bonds is 5. The molecule has 4 heteroatoms. The summed E-state index contributed by atoms with van der Waals surface area (Å²) < 4.78 is 0. The van der Waals surface area contributed by atoms with Crippen LogP contribution in [0.5, 0.6) is 0 Å². The van der Waals surface area contributed by atoms with Gasteiger partial charge in [0.15, 0.2) is 0 Å². The maximum absolute atomic E-state index is 4.60. The zero-order valence-corrected chi connectivity index (χ0v) is 12.7. The predicted octanol–water partition coefficient (Wildman–Crippen LogP) is 2.58. The van der Waals surface area contributed by atoms with E-state index in [4.69, 9.17) is 0 Å². The van der Waals surface area contributed by atoms with E-state index < -0.39 is 0 Å². The van der Waals surface area contributed by atoms with Crippen molar-refractivity contribution in [1.82, 2.24) is 9.88 Å². The van der Waals surface area contributed by atoms with Crippen LogP contribution in [0.2, 0.25) is 0 Å². The quantitative estimate of drug-likeness (QED) is 0.894. The van der Waals surface area contributed by atoms with Crippen molar-refractivity contribution in [3.8, 4) is 0 Å². The summed E-state index contributed by atoms with van der Waals surface area (Å²) in [5.41, 5.74) is 1.17. The third kappa shape index (κ3) is 2.62. The van der Waals surface area contributed by atoms with Gasteiger partial charge in [-0.2, -0.15) is 0 Å². The lowest BCUT2D eigenvalue weighted by atomic mass is 10.1. The molecule has 2 aliphatic rings. The van der Waals surface area contributed by atoms with Crippen LogP contribution in [-0.2, 0) is 0 Å². The van der Waals surface area contributed by atoms with E-state index in [-0.39, 0.29) is 0 Å². The number of fused-ring (bicyclic) bond motifs is 1. The fraction of sp³-hybridized carbons (Fsp3) is 0.688. The van der Waals surface area contributed by atoms with E-state index in [1.165, 1.54) is 38.0 Å². The van der Waals surface area contributed by atoms with Crippen molar-refractivity contribution in [2.24, 2.45) is 0 Å². The van der Waals surface area contributed by atoms with Crippen LogP contribution in [0.4, 0.5) is 11.5 Å². The van der Waals surface area contributed by atoms with Crippen molar-refractivity contribution >= 4 is 11.5 Å². The molecule has 2 aliphatic heterocycles. The molecule has 0 aliphatic carbocycles. The third-order valence-corrected chi connectivity index (χ3v) is 4.79. The second-order valence-corrected chi connectivity index (χ2v) is 5.86. The van der Waals surface area contributed by atoms with Crippen LogP contribution in [0, 0.1) is 0 Å². The van der Waals surface area contributed by atoms with E-state index in [0.29, 0.717) is 6.04 Å². The number of hydrogen-bond donors (Lipinski definition) is 1. The molecule has 2 unspecified atom stereocenters. The molecule has 3 heterocycles. The smallest absolute Gasteiger partial charge is 0.128 e. The van der Waals surface area contributed by atoms with Gasteiger partial charge in [0.1, 0.15) is 5.82 Å². The van der Waals surface area contributed by atoms with Gasteiger partial charge in [-0.15, -0.1) is 0 Å². The number of nitrogens with one attached hydrogen (secondary N) is 1. The third-order valence-electron chi connectivity index (χ3n) is 4.79. The molecule has 1 aromatic heterocycles. The van der Waals surface area contributed by atoms with Gasteiger partial charge in [0, 0.05) is 31.7 Å². The van der Waals surface area contributed by atoms with E-state index in [2.05, 4.69) is 46.1 Å². The second-order valence-electron chi connectivity index (χ2n) is 5.86. The molecule has 110 valence electrons. The minimum absolute atomic E-state index is 0.610. The molecule has 3 rings (SSSR count). The highest BCUT2D eigenvalue weighted by Crippen LogP contribution is 2.30. The fourth-order valence-electron chi connectivity index (χ4n) is 3.67. The van der Waals surface area contributed by atoms with Crippen molar-refractivity contribution in [1.29, 1.82) is 0 Å². The van der Waals surface area contributed by atoms with Crippen molar-refractivity contribution < 1.29 is 0 Å². The van der Waals surface area contributed by atoms with Crippen LogP contribution in [0.1, 0.15) is 33.1 Å². The Bertz CT molecular complexity index is 427. The topological polar surface area (TPSA) is 31.4 Å². The first-order valence-corrected chi connectivity index (χ1v) is 8.03. The van der Waals surface area contributed by atoms with Crippen molar-refractivity contribution in [2.45, 2.75) is 45.2 Å². The van der Waals surface area contributed by atoms with Crippen LogP contribution >= 0.6 is 0 Å². The Balaban J connectivity index is 1.63. The highest BCUT2D eigenvalue weighted by Gasteiger charge is 2.36. The van der Waals surface area contributed by atoms with Gasteiger partial charge in [0.2, 0.25) is 0 Å². The average molecular weight is 274 g/mol. The van der Waals surface area contributed by atoms with Crippen molar-refractivity contribution in [2.75, 3.05) is 36.4 Å². The SMILES string of the molecule is CCN(CC)c1ccc(NC2CCN3CCCC23)cn1. The lowest BCUT2D eigenvalue weighted by molar-refractivity contribution is 0.318. The summed E-state index contributed by atoms with van der Waals surface area (Å²) in [5.74, 6) is 1.08. The Labute approximate surface area is 122 Å². The molecule has 2 saturated heterocycles. The van der Waals surface area contributed by atoms with Crippen LogP contribution in [0.25, 0.3) is 0 Å². The standard InChI is InChI=1S/C16H26N4/c1-3-19(4-2)16-8-7-13(12-17-16)18-14-9-11-20-10-5-6-15(14)20/h7-8,12,14-15,18H,3-6,9-11H2,1-2H3. The lowest BCUT2D eigenvalue weighted by Crippen LogP contribution is -2.33. The summed E-state index contributed by atoms with van der Waals surface area (Å²) in [6.45, 7) is 8.91. The number of anilines is 2. The van der Waals surface area contributed by atoms with E-state index in [1.54, 1.807) is 0 Å². The van der Waals surface area contributed by atoms with Crippen LogP contribution in [0.3, 0.4) is 0 Å². The maximum Gasteiger partial charge on any atom is 0.128 e. The highest BCUT2D eigenvalue weighted by atomic mass is 15.2. The van der Waals surface area contributed by atoms with Crippen molar-refractivity contribution in [3.63, 3.8) is 0 Å². The van der Waals surface area contributed by atoms with Gasteiger partial charge < -0.3 is 10.2 Å². The van der Waals surface area contributed by atoms with Crippen LogP contribution in [0.15, 0.2) is 18.3 Å². The van der Waals surface area contributed by atoms with Gasteiger partial charge in [0.05, 0.1) is 11.9 Å². The largest absolute Gasteiger partial charge is 0.379 e. The average Bonchev–Trinajstić information content (AvgIpc) is 3.07. The summed E-state index contributed by atoms with van der Waals surface area (Å²) in [6, 6.07) is 5.67. The zero-order chi connectivity index (χ0) is 13.9. The first-order chi connectivity index (χ1) is 9.81. The monoisotopic (exact) mass is 274 g/mol. The molecule has 2 atom stereocenters. The van der Waals surface area contributed by atoms with Gasteiger partial charge in [-0.1, -0.05) is 0 Å². The molecule has 1 aromatic rings. The van der Waals surface area contributed by atoms with Crippen molar-refractivity contribution in [3.05, 3.63) is 18.3 Å². The lowest BCUT2D eigenvalue weighted by Gasteiger charge is -2.23. The number of aromatic nitrogens is 1. The molecule has 0 saturated carbocycles. The Hall–Kier alpha value is -1.29. The molecule has 20 heavy (non-hydrogen) atoms. The summed E-state index contributed by atoms with van der Waals surface area (Å²) in [4.78, 5) is 9.51. The first-order valence-electron chi connectivity index (χ1n) is 8.03. The minimum atomic E-state index is 0.610. The predicted molar refractivity (Wildman–Crippen MR) is 84.4 cm³/mol. The molecule has 0 radical (unpaired) electrons. The summed E-state index contributed by atoms with van der Waals surface area (Å²) in [5, 5.41) is 3.69. The number of nitrogens with zero attached hydrogens (tertiary/aromatic N) is 3. The Morgan fingerprint density at radius 3 is 2.80 bits per heavy atom. The maximum atomic E-state index is 4.60. The molecule has 4 nitrogen and oxygen atoms in total. The Morgan fingerprint density at radius 2 is 2.10 bits per heavy atom. The van der Waals surface area contributed by atoms with E-state index >= 15 is 0 Å². The molecule has 2 fully saturated rings. The molecule has 0 amide bonds. The minimum Gasteiger partial charge on any atom is -0.379 e. The number of pyridine rings is 1. The summed E-state index contributed by atoms with van der Waals surface area (Å²) >= 11 is 0. The summed E-state index contributed by atoms with van der Waals surface area (Å²) in [6.07, 6.45) is 5.97. The normalized spacial score (nSPS) is 25.7. The van der Waals surface area contributed by atoms with Gasteiger partial charge in [-0.25, -0.2) is 4.98 Å². The molecule has 0 aromatic carbocycles. The highest BCUT2D eigenvalue weighted by molar-refractivity contribution is 5.49. The van der Waals surface area contributed by atoms with E-state index in [0.717, 1.165) is 24.9 Å². The van der Waals surface area contributed by atoms with Gasteiger partial charge in [0.25, 0.3) is 0 Å². The van der Waals surface area contributed by atoms with Gasteiger partial charge in [-0.3, -0.25) is 4.90 Å². The molecule has 1 N–H and O–H groups in total. The van der Waals surface area contributed by atoms with Gasteiger partial charge in [-0.05, 0) is 51.8 Å². The fourth-order valence-corrected chi connectivity index (χ4v) is 3.67. The molecule has 0 bridgehead atoms. The van der Waals surface area contributed by atoms with Crippen LogP contribution < -0.4 is 10.2 Å². The van der Waals surface area contributed by atoms with Gasteiger partial charge >= 0.3 is 0 Å². The molecule has 0 spiro atoms. The zero-order valence-electron chi connectivity index (χ0n) is 12.7. The van der Waals surface area contributed by atoms with Crippen LogP contribution in [-0.4, -0.2) is 48.1 Å². The Kier molecular flexibility index (Phi) is 4.10.